The van der Waals surface area contributed by atoms with Crippen molar-refractivity contribution in [2.75, 3.05) is 12.0 Å². The summed E-state index contributed by atoms with van der Waals surface area (Å²) in [5.41, 5.74) is 3.35. The number of methoxy groups -OCH3 is 1. The molecule has 2 aromatic carbocycles. The molecule has 1 aliphatic rings. The minimum Gasteiger partial charge on any atom is -0.496 e. The van der Waals surface area contributed by atoms with Gasteiger partial charge in [-0.1, -0.05) is 24.3 Å². The Balaban J connectivity index is 1.90. The molecule has 0 saturated heterocycles. The van der Waals surface area contributed by atoms with Gasteiger partial charge in [0.1, 0.15) is 5.75 Å². The number of rotatable bonds is 3. The number of fused-ring (bicyclic) bond motifs is 1. The monoisotopic (exact) mass is 345 g/mol. The predicted octanol–water partition coefficient (Wildman–Crippen LogP) is 3.94. The van der Waals surface area contributed by atoms with E-state index >= 15 is 0 Å². The number of aryl methyl sites for hydroxylation is 1. The van der Waals surface area contributed by atoms with Gasteiger partial charge in [-0.3, -0.25) is 4.79 Å². The molecular weight excluding hydrogens is 330 g/mol. The van der Waals surface area contributed by atoms with Crippen molar-refractivity contribution in [1.82, 2.24) is 0 Å². The topological polar surface area (TPSA) is 29.5 Å². The van der Waals surface area contributed by atoms with Crippen LogP contribution in [0.2, 0.25) is 0 Å². The minimum absolute atomic E-state index is 0.181. The van der Waals surface area contributed by atoms with Crippen molar-refractivity contribution in [3.05, 3.63) is 58.1 Å². The molecule has 0 N–H and O–H groups in total. The highest BCUT2D eigenvalue weighted by Crippen LogP contribution is 2.31. The Labute approximate surface area is 132 Å². The fraction of sp³-hybridized carbons (Fsp3) is 0.235. The highest BCUT2D eigenvalue weighted by molar-refractivity contribution is 9.10. The fourth-order valence-electron chi connectivity index (χ4n) is 2.66. The molecule has 2 aromatic rings. The lowest BCUT2D eigenvalue weighted by molar-refractivity contribution is -0.119. The van der Waals surface area contributed by atoms with Gasteiger partial charge in [0.25, 0.3) is 0 Å². The number of anilines is 1. The Morgan fingerprint density at radius 1 is 1.19 bits per heavy atom. The first-order chi connectivity index (χ1) is 10.2. The fourth-order valence-corrected chi connectivity index (χ4v) is 3.25. The van der Waals surface area contributed by atoms with Gasteiger partial charge in [0.15, 0.2) is 0 Å². The molecule has 21 heavy (non-hydrogen) atoms. The number of carbonyl (C=O) groups is 1. The molecule has 3 nitrogen and oxygen atoms in total. The van der Waals surface area contributed by atoms with E-state index < -0.39 is 0 Å². The predicted molar refractivity (Wildman–Crippen MR) is 86.6 cm³/mol. The van der Waals surface area contributed by atoms with Crippen LogP contribution in [0, 0.1) is 0 Å². The summed E-state index contributed by atoms with van der Waals surface area (Å²) in [4.78, 5) is 14.1. The van der Waals surface area contributed by atoms with E-state index in [2.05, 4.69) is 22.0 Å². The number of benzene rings is 2. The Hall–Kier alpha value is -1.81. The lowest BCUT2D eigenvalue weighted by Crippen LogP contribution is -2.34. The molecule has 1 amide bonds. The van der Waals surface area contributed by atoms with Crippen molar-refractivity contribution in [2.24, 2.45) is 0 Å². The lowest BCUT2D eigenvalue weighted by Gasteiger charge is -2.29. The first kappa shape index (κ1) is 14.1. The van der Waals surface area contributed by atoms with E-state index in [1.807, 2.05) is 41.3 Å². The third-order valence-electron chi connectivity index (χ3n) is 3.75. The number of carbonyl (C=O) groups excluding carboxylic acids is 1. The molecule has 0 unspecified atom stereocenters. The second-order valence-corrected chi connectivity index (χ2v) is 5.93. The van der Waals surface area contributed by atoms with Crippen molar-refractivity contribution in [3.63, 3.8) is 0 Å². The van der Waals surface area contributed by atoms with Crippen LogP contribution in [0.15, 0.2) is 46.9 Å². The van der Waals surface area contributed by atoms with Gasteiger partial charge >= 0.3 is 0 Å². The summed E-state index contributed by atoms with van der Waals surface area (Å²) in [6.45, 7) is 0.582. The second kappa shape index (κ2) is 5.90. The Bertz CT molecular complexity index is 684. The molecule has 0 saturated carbocycles. The van der Waals surface area contributed by atoms with Gasteiger partial charge in [-0.15, -0.1) is 0 Å². The molecule has 0 radical (unpaired) electrons. The number of hydrogen-bond donors (Lipinski definition) is 0. The smallest absolute Gasteiger partial charge is 0.227 e. The maximum absolute atomic E-state index is 12.3. The summed E-state index contributed by atoms with van der Waals surface area (Å²) >= 11 is 3.49. The summed E-state index contributed by atoms with van der Waals surface area (Å²) in [5, 5.41) is 0. The van der Waals surface area contributed by atoms with Gasteiger partial charge in [0, 0.05) is 12.1 Å². The van der Waals surface area contributed by atoms with Gasteiger partial charge in [0.2, 0.25) is 5.91 Å². The third-order valence-corrected chi connectivity index (χ3v) is 4.37. The van der Waals surface area contributed by atoms with E-state index in [0.717, 1.165) is 27.9 Å². The van der Waals surface area contributed by atoms with Crippen LogP contribution in [0.5, 0.6) is 5.75 Å². The summed E-state index contributed by atoms with van der Waals surface area (Å²) < 4.78 is 6.14. The van der Waals surface area contributed by atoms with Crippen molar-refractivity contribution < 1.29 is 9.53 Å². The average molecular weight is 346 g/mol. The molecule has 108 valence electrons. The van der Waals surface area contributed by atoms with Gasteiger partial charge in [-0.25, -0.2) is 0 Å². The Morgan fingerprint density at radius 2 is 2.00 bits per heavy atom. The molecule has 0 aromatic heterocycles. The largest absolute Gasteiger partial charge is 0.496 e. The van der Waals surface area contributed by atoms with Gasteiger partial charge in [0.05, 0.1) is 18.1 Å². The van der Waals surface area contributed by atoms with Crippen molar-refractivity contribution in [1.29, 1.82) is 0 Å². The van der Waals surface area contributed by atoms with E-state index in [9.17, 15) is 4.79 Å². The lowest BCUT2D eigenvalue weighted by atomic mass is 10.0. The molecule has 0 spiro atoms. The van der Waals surface area contributed by atoms with Crippen molar-refractivity contribution >= 4 is 27.5 Å². The van der Waals surface area contributed by atoms with E-state index in [1.165, 1.54) is 5.56 Å². The van der Waals surface area contributed by atoms with E-state index in [0.29, 0.717) is 13.0 Å². The van der Waals surface area contributed by atoms with Crippen LogP contribution in [-0.4, -0.2) is 13.0 Å². The van der Waals surface area contributed by atoms with Crippen LogP contribution in [0.3, 0.4) is 0 Å². The zero-order valence-corrected chi connectivity index (χ0v) is 13.4. The minimum atomic E-state index is 0.181. The molecular formula is C17H16BrNO2. The van der Waals surface area contributed by atoms with Gasteiger partial charge in [-0.05, 0) is 51.7 Å². The Kier molecular flexibility index (Phi) is 3.97. The van der Waals surface area contributed by atoms with E-state index in [4.69, 9.17) is 4.74 Å². The van der Waals surface area contributed by atoms with Crippen LogP contribution < -0.4 is 9.64 Å². The van der Waals surface area contributed by atoms with Crippen LogP contribution in [-0.2, 0) is 17.8 Å². The molecule has 3 rings (SSSR count). The molecule has 0 aliphatic carbocycles. The second-order valence-electron chi connectivity index (χ2n) is 5.08. The third kappa shape index (κ3) is 2.81. The maximum Gasteiger partial charge on any atom is 0.227 e. The maximum atomic E-state index is 12.3. The van der Waals surface area contributed by atoms with Crippen molar-refractivity contribution in [2.45, 2.75) is 19.4 Å². The number of halogens is 1. The van der Waals surface area contributed by atoms with E-state index in [-0.39, 0.29) is 5.91 Å². The number of nitrogens with zero attached hydrogens (tertiary/aromatic N) is 1. The van der Waals surface area contributed by atoms with Crippen molar-refractivity contribution in [3.8, 4) is 5.75 Å². The average Bonchev–Trinajstić information content (AvgIpc) is 2.50. The first-order valence-electron chi connectivity index (χ1n) is 6.89. The number of para-hydroxylation sites is 1. The molecule has 1 heterocycles. The molecule has 0 bridgehead atoms. The first-order valence-corrected chi connectivity index (χ1v) is 7.69. The molecule has 4 heteroatoms. The number of hydrogen-bond acceptors (Lipinski definition) is 2. The van der Waals surface area contributed by atoms with Gasteiger partial charge < -0.3 is 9.64 Å². The summed E-state index contributed by atoms with van der Waals surface area (Å²) in [7, 11) is 1.64. The van der Waals surface area contributed by atoms with Crippen LogP contribution >= 0.6 is 15.9 Å². The number of amides is 1. The van der Waals surface area contributed by atoms with Crippen LogP contribution in [0.4, 0.5) is 5.69 Å². The molecule has 1 aliphatic heterocycles. The highest BCUT2D eigenvalue weighted by atomic mass is 79.9. The number of ether oxygens (including phenoxy) is 1. The van der Waals surface area contributed by atoms with Crippen LogP contribution in [0.25, 0.3) is 0 Å². The summed E-state index contributed by atoms with van der Waals surface area (Å²) in [6.07, 6.45) is 1.41. The van der Waals surface area contributed by atoms with Crippen LogP contribution in [0.1, 0.15) is 17.5 Å². The SMILES string of the molecule is COc1ccc(CN2C(=O)CCc3ccccc32)cc1Br. The highest BCUT2D eigenvalue weighted by Gasteiger charge is 2.23. The van der Waals surface area contributed by atoms with E-state index in [1.54, 1.807) is 7.11 Å². The molecule has 0 fully saturated rings. The quantitative estimate of drug-likeness (QED) is 0.843. The Morgan fingerprint density at radius 3 is 2.76 bits per heavy atom. The molecule has 0 atom stereocenters. The summed E-state index contributed by atoms with van der Waals surface area (Å²) in [6, 6.07) is 14.0. The zero-order valence-electron chi connectivity index (χ0n) is 11.8. The standard InChI is InChI=1S/C17H16BrNO2/c1-21-16-8-6-12(10-14(16)18)11-19-15-5-3-2-4-13(15)7-9-17(19)20/h2-6,8,10H,7,9,11H2,1H3. The van der Waals surface area contributed by atoms with Gasteiger partial charge in [-0.2, -0.15) is 0 Å². The normalized spacial score (nSPS) is 14.0. The summed E-state index contributed by atoms with van der Waals surface area (Å²) in [5.74, 6) is 0.977. The zero-order chi connectivity index (χ0) is 14.8.